The Balaban J connectivity index is 1.49. The molecule has 5 heteroatoms. The molecule has 3 N–H and O–H groups in total. The quantitative estimate of drug-likeness (QED) is 0.541. The number of ether oxygens (including phenoxy) is 1. The van der Waals surface area contributed by atoms with Gasteiger partial charge >= 0.3 is 0 Å². The number of carbonyl (C=O) groups is 1. The lowest BCUT2D eigenvalue weighted by Crippen LogP contribution is -2.24. The molecular weight excluding hydrogens is 350 g/mol. The number of pyridine rings is 1. The van der Waals surface area contributed by atoms with Gasteiger partial charge in [0.2, 0.25) is 0 Å². The molecule has 3 aromatic carbocycles. The van der Waals surface area contributed by atoms with Crippen molar-refractivity contribution in [3.63, 3.8) is 0 Å². The summed E-state index contributed by atoms with van der Waals surface area (Å²) in [5.74, 6) is 1.46. The van der Waals surface area contributed by atoms with E-state index in [1.165, 1.54) is 0 Å². The summed E-state index contributed by atoms with van der Waals surface area (Å²) in [6.45, 7) is 0.361. The van der Waals surface area contributed by atoms with Crippen molar-refractivity contribution >= 4 is 22.5 Å². The summed E-state index contributed by atoms with van der Waals surface area (Å²) in [4.78, 5) is 16.2. The van der Waals surface area contributed by atoms with Crippen LogP contribution in [0.5, 0.6) is 11.5 Å². The maximum atomic E-state index is 12.3. The van der Waals surface area contributed by atoms with E-state index in [4.69, 9.17) is 10.5 Å². The number of anilines is 1. The molecule has 0 radical (unpaired) electrons. The number of nitrogens with one attached hydrogen (secondary N) is 1. The molecule has 1 heterocycles. The van der Waals surface area contributed by atoms with Crippen LogP contribution in [-0.2, 0) is 6.54 Å². The molecule has 28 heavy (non-hydrogen) atoms. The minimum atomic E-state index is -0.258. The number of rotatable bonds is 5. The molecule has 1 amide bonds. The lowest BCUT2D eigenvalue weighted by atomic mass is 10.1. The van der Waals surface area contributed by atoms with Crippen LogP contribution < -0.4 is 15.8 Å². The second-order valence-electron chi connectivity index (χ2n) is 6.35. The molecule has 0 spiro atoms. The molecule has 0 atom stereocenters. The summed E-state index contributed by atoms with van der Waals surface area (Å²) in [5, 5.41) is 5.04. The SMILES string of the molecule is Nc1ncccc1C(=O)NCc1cccc(Oc2cccc3ccccc23)c1. The van der Waals surface area contributed by atoms with Gasteiger partial charge in [-0.05, 0) is 41.3 Å². The third kappa shape index (κ3) is 3.78. The van der Waals surface area contributed by atoms with Crippen LogP contribution in [0.15, 0.2) is 85.1 Å². The molecule has 0 aliphatic heterocycles. The maximum absolute atomic E-state index is 12.3. The molecule has 0 fully saturated rings. The Morgan fingerprint density at radius 2 is 1.79 bits per heavy atom. The van der Waals surface area contributed by atoms with Crippen molar-refractivity contribution in [3.05, 3.63) is 96.2 Å². The molecule has 0 aliphatic rings. The van der Waals surface area contributed by atoms with E-state index in [2.05, 4.69) is 22.4 Å². The zero-order valence-electron chi connectivity index (χ0n) is 15.1. The Bertz CT molecular complexity index is 1140. The van der Waals surface area contributed by atoms with Gasteiger partial charge in [-0.1, -0.05) is 48.5 Å². The average molecular weight is 369 g/mol. The van der Waals surface area contributed by atoms with Crippen LogP contribution in [0.25, 0.3) is 10.8 Å². The first-order valence-electron chi connectivity index (χ1n) is 8.94. The van der Waals surface area contributed by atoms with Gasteiger partial charge < -0.3 is 15.8 Å². The first-order valence-corrected chi connectivity index (χ1v) is 8.94. The standard InChI is InChI=1S/C23H19N3O2/c24-22-20(11-5-13-25-22)23(27)26-15-16-6-3-9-18(14-16)28-21-12-4-8-17-7-1-2-10-19(17)21/h1-14H,15H2,(H2,24,25)(H,26,27). The van der Waals surface area contributed by atoms with Crippen molar-refractivity contribution in [2.24, 2.45) is 0 Å². The highest BCUT2D eigenvalue weighted by Gasteiger charge is 2.10. The van der Waals surface area contributed by atoms with Crippen LogP contribution in [-0.4, -0.2) is 10.9 Å². The van der Waals surface area contributed by atoms with Gasteiger partial charge in [-0.3, -0.25) is 4.79 Å². The zero-order valence-corrected chi connectivity index (χ0v) is 15.1. The van der Waals surface area contributed by atoms with Crippen LogP contribution in [0.3, 0.4) is 0 Å². The Morgan fingerprint density at radius 1 is 0.964 bits per heavy atom. The fourth-order valence-corrected chi connectivity index (χ4v) is 3.02. The predicted molar refractivity (Wildman–Crippen MR) is 110 cm³/mol. The number of nitrogen functional groups attached to an aromatic ring is 1. The lowest BCUT2D eigenvalue weighted by molar-refractivity contribution is 0.0951. The van der Waals surface area contributed by atoms with Gasteiger partial charge in [0.15, 0.2) is 0 Å². The highest BCUT2D eigenvalue weighted by molar-refractivity contribution is 5.98. The second-order valence-corrected chi connectivity index (χ2v) is 6.35. The molecule has 4 rings (SSSR count). The molecule has 0 saturated carbocycles. The van der Waals surface area contributed by atoms with E-state index in [0.29, 0.717) is 17.9 Å². The van der Waals surface area contributed by atoms with Crippen LogP contribution in [0.1, 0.15) is 15.9 Å². The van der Waals surface area contributed by atoms with E-state index < -0.39 is 0 Å². The Morgan fingerprint density at radius 3 is 2.68 bits per heavy atom. The Kier molecular flexibility index (Phi) is 4.89. The molecule has 138 valence electrons. The van der Waals surface area contributed by atoms with Gasteiger partial charge in [-0.25, -0.2) is 4.98 Å². The maximum Gasteiger partial charge on any atom is 0.255 e. The molecule has 0 bridgehead atoms. The Hall–Kier alpha value is -3.86. The number of hydrogen-bond donors (Lipinski definition) is 2. The predicted octanol–water partition coefficient (Wildman–Crippen LogP) is 4.54. The van der Waals surface area contributed by atoms with Gasteiger partial charge in [-0.2, -0.15) is 0 Å². The summed E-state index contributed by atoms with van der Waals surface area (Å²) in [5.41, 5.74) is 7.04. The van der Waals surface area contributed by atoms with Crippen molar-refractivity contribution in [1.82, 2.24) is 10.3 Å². The summed E-state index contributed by atoms with van der Waals surface area (Å²) in [7, 11) is 0. The van der Waals surface area contributed by atoms with Gasteiger partial charge in [0.1, 0.15) is 17.3 Å². The number of hydrogen-bond acceptors (Lipinski definition) is 4. The van der Waals surface area contributed by atoms with Gasteiger partial charge in [-0.15, -0.1) is 0 Å². The van der Waals surface area contributed by atoms with E-state index >= 15 is 0 Å². The average Bonchev–Trinajstić information content (AvgIpc) is 2.73. The van der Waals surface area contributed by atoms with Crippen LogP contribution in [0, 0.1) is 0 Å². The van der Waals surface area contributed by atoms with Gasteiger partial charge in [0.05, 0.1) is 5.56 Å². The number of carbonyl (C=O) groups excluding carboxylic acids is 1. The smallest absolute Gasteiger partial charge is 0.255 e. The van der Waals surface area contributed by atoms with Crippen molar-refractivity contribution in [2.45, 2.75) is 6.54 Å². The fourth-order valence-electron chi connectivity index (χ4n) is 3.02. The first-order chi connectivity index (χ1) is 13.7. The van der Waals surface area contributed by atoms with Crippen molar-refractivity contribution < 1.29 is 9.53 Å². The monoisotopic (exact) mass is 369 g/mol. The summed E-state index contributed by atoms with van der Waals surface area (Å²) >= 11 is 0. The van der Waals surface area contributed by atoms with E-state index in [1.807, 2.05) is 54.6 Å². The zero-order chi connectivity index (χ0) is 19.3. The third-order valence-electron chi connectivity index (χ3n) is 4.41. The van der Waals surface area contributed by atoms with Crippen LogP contribution in [0.4, 0.5) is 5.82 Å². The van der Waals surface area contributed by atoms with Crippen molar-refractivity contribution in [3.8, 4) is 11.5 Å². The number of nitrogens with two attached hydrogens (primary N) is 1. The number of benzene rings is 3. The van der Waals surface area contributed by atoms with E-state index in [0.717, 1.165) is 22.1 Å². The largest absolute Gasteiger partial charge is 0.457 e. The summed E-state index contributed by atoms with van der Waals surface area (Å²) in [6.07, 6.45) is 1.56. The normalized spacial score (nSPS) is 10.6. The minimum Gasteiger partial charge on any atom is -0.457 e. The van der Waals surface area contributed by atoms with Gasteiger partial charge in [0, 0.05) is 18.1 Å². The molecule has 4 aromatic rings. The summed E-state index contributed by atoms with van der Waals surface area (Å²) in [6, 6.07) is 25.0. The van der Waals surface area contributed by atoms with Crippen LogP contribution >= 0.6 is 0 Å². The second kappa shape index (κ2) is 7.80. The number of fused-ring (bicyclic) bond motifs is 1. The number of amides is 1. The molecule has 0 aliphatic carbocycles. The first kappa shape index (κ1) is 17.5. The molecule has 0 unspecified atom stereocenters. The van der Waals surface area contributed by atoms with E-state index in [1.54, 1.807) is 18.3 Å². The summed E-state index contributed by atoms with van der Waals surface area (Å²) < 4.78 is 6.10. The van der Waals surface area contributed by atoms with E-state index in [-0.39, 0.29) is 11.7 Å². The highest BCUT2D eigenvalue weighted by atomic mass is 16.5. The van der Waals surface area contributed by atoms with E-state index in [9.17, 15) is 4.79 Å². The molecule has 1 aromatic heterocycles. The third-order valence-corrected chi connectivity index (χ3v) is 4.41. The number of aromatic nitrogens is 1. The van der Waals surface area contributed by atoms with Crippen molar-refractivity contribution in [1.29, 1.82) is 0 Å². The van der Waals surface area contributed by atoms with Crippen molar-refractivity contribution in [2.75, 3.05) is 5.73 Å². The molecular formula is C23H19N3O2. The Labute approximate surface area is 162 Å². The number of nitrogens with zero attached hydrogens (tertiary/aromatic N) is 1. The highest BCUT2D eigenvalue weighted by Crippen LogP contribution is 2.30. The minimum absolute atomic E-state index is 0.216. The topological polar surface area (TPSA) is 77.2 Å². The fraction of sp³-hybridized carbons (Fsp3) is 0.0435. The molecule has 0 saturated heterocycles. The lowest BCUT2D eigenvalue weighted by Gasteiger charge is -2.11. The molecule has 5 nitrogen and oxygen atoms in total. The van der Waals surface area contributed by atoms with Crippen LogP contribution in [0.2, 0.25) is 0 Å². The van der Waals surface area contributed by atoms with Gasteiger partial charge in [0.25, 0.3) is 5.91 Å².